The van der Waals surface area contributed by atoms with Crippen LogP contribution in [0.4, 0.5) is 11.5 Å². The first-order valence-corrected chi connectivity index (χ1v) is 6.51. The zero-order chi connectivity index (χ0) is 14.0. The maximum Gasteiger partial charge on any atom is 0.139 e. The fourth-order valence-corrected chi connectivity index (χ4v) is 1.87. The minimum atomic E-state index is 0.0882. The number of nitrogens with zero attached hydrogens (tertiary/aromatic N) is 2. The van der Waals surface area contributed by atoms with E-state index in [1.807, 2.05) is 13.8 Å². The van der Waals surface area contributed by atoms with E-state index in [9.17, 15) is 5.11 Å². The molecule has 0 atom stereocenters. The first-order chi connectivity index (χ1) is 8.95. The summed E-state index contributed by atoms with van der Waals surface area (Å²) in [5.41, 5.74) is 0.469. The quantitative estimate of drug-likeness (QED) is 0.653. The first kappa shape index (κ1) is 13.9. The van der Waals surface area contributed by atoms with Crippen LogP contribution >= 0.6 is 23.2 Å². The number of rotatable bonds is 3. The predicted octanol–water partition coefficient (Wildman–Crippen LogP) is 4.36. The predicted molar refractivity (Wildman–Crippen MR) is 77.5 cm³/mol. The van der Waals surface area contributed by atoms with Crippen LogP contribution in [-0.4, -0.2) is 15.1 Å². The molecule has 2 aromatic rings. The highest BCUT2D eigenvalue weighted by atomic mass is 35.5. The number of phenols is 1. The Morgan fingerprint density at radius 1 is 1.16 bits per heavy atom. The van der Waals surface area contributed by atoms with Gasteiger partial charge in [0.15, 0.2) is 0 Å². The number of nitrogens with one attached hydrogen (secondary N) is 1. The summed E-state index contributed by atoms with van der Waals surface area (Å²) in [4.78, 5) is 8.48. The number of anilines is 2. The van der Waals surface area contributed by atoms with Crippen molar-refractivity contribution in [3.8, 4) is 5.75 Å². The molecule has 4 nitrogen and oxygen atoms in total. The van der Waals surface area contributed by atoms with Crippen LogP contribution in [0.3, 0.4) is 0 Å². The number of aromatic hydroxyl groups is 1. The molecule has 1 aromatic heterocycles. The normalized spacial score (nSPS) is 10.8. The molecular formula is C13H13Cl2N3O. The maximum absolute atomic E-state index is 9.75. The van der Waals surface area contributed by atoms with Gasteiger partial charge in [-0.05, 0) is 18.2 Å². The summed E-state index contributed by atoms with van der Waals surface area (Å²) >= 11 is 11.8. The molecule has 0 saturated carbocycles. The van der Waals surface area contributed by atoms with Crippen molar-refractivity contribution < 1.29 is 5.11 Å². The molecular weight excluding hydrogens is 285 g/mol. The molecule has 2 rings (SSSR count). The van der Waals surface area contributed by atoms with E-state index in [2.05, 4.69) is 15.3 Å². The summed E-state index contributed by atoms with van der Waals surface area (Å²) in [5, 5.41) is 13.6. The molecule has 0 aliphatic heterocycles. The van der Waals surface area contributed by atoms with E-state index >= 15 is 0 Å². The van der Waals surface area contributed by atoms with Crippen molar-refractivity contribution >= 4 is 34.7 Å². The lowest BCUT2D eigenvalue weighted by Crippen LogP contribution is -2.02. The lowest BCUT2D eigenvalue weighted by molar-refractivity contribution is 0.477. The van der Waals surface area contributed by atoms with Gasteiger partial charge in [-0.2, -0.15) is 0 Å². The summed E-state index contributed by atoms with van der Waals surface area (Å²) in [6.07, 6.45) is 0. The van der Waals surface area contributed by atoms with Gasteiger partial charge in [-0.1, -0.05) is 37.0 Å². The zero-order valence-electron chi connectivity index (χ0n) is 10.5. The number of halogens is 2. The van der Waals surface area contributed by atoms with Crippen molar-refractivity contribution in [3.05, 3.63) is 40.3 Å². The molecule has 0 saturated heterocycles. The standard InChI is InChI=1S/C13H13Cl2N3O/c1-7(2)13-17-11(15)6-12(18-13)16-9-5-8(14)3-4-10(9)19/h3-7,19H,1-2H3,(H,16,17,18). The van der Waals surface area contributed by atoms with Crippen LogP contribution in [0, 0.1) is 0 Å². The SMILES string of the molecule is CC(C)c1nc(Cl)cc(Nc2cc(Cl)ccc2O)n1. The first-order valence-electron chi connectivity index (χ1n) is 5.75. The Bertz CT molecular complexity index is 602. The largest absolute Gasteiger partial charge is 0.506 e. The average molecular weight is 298 g/mol. The second-order valence-corrected chi connectivity index (χ2v) is 5.20. The van der Waals surface area contributed by atoms with Crippen LogP contribution in [0.25, 0.3) is 0 Å². The summed E-state index contributed by atoms with van der Waals surface area (Å²) in [6.45, 7) is 3.96. The Labute approximate surface area is 121 Å². The third-order valence-electron chi connectivity index (χ3n) is 2.45. The van der Waals surface area contributed by atoms with E-state index in [1.54, 1.807) is 18.2 Å². The summed E-state index contributed by atoms with van der Waals surface area (Å²) in [6, 6.07) is 6.32. The molecule has 1 aromatic carbocycles. The lowest BCUT2D eigenvalue weighted by atomic mass is 10.2. The Hall–Kier alpha value is -1.52. The molecule has 0 fully saturated rings. The van der Waals surface area contributed by atoms with Gasteiger partial charge in [0, 0.05) is 17.0 Å². The van der Waals surface area contributed by atoms with E-state index < -0.39 is 0 Å². The fourth-order valence-electron chi connectivity index (χ4n) is 1.50. The topological polar surface area (TPSA) is 58.0 Å². The van der Waals surface area contributed by atoms with Crippen LogP contribution in [0.15, 0.2) is 24.3 Å². The number of benzene rings is 1. The van der Waals surface area contributed by atoms with Gasteiger partial charge >= 0.3 is 0 Å². The number of phenolic OH excluding ortho intramolecular Hbond substituents is 1. The molecule has 0 unspecified atom stereocenters. The monoisotopic (exact) mass is 297 g/mol. The minimum absolute atomic E-state index is 0.0882. The van der Waals surface area contributed by atoms with Crippen LogP contribution < -0.4 is 5.32 Å². The van der Waals surface area contributed by atoms with Crippen molar-refractivity contribution in [2.45, 2.75) is 19.8 Å². The number of hydrogen-bond donors (Lipinski definition) is 2. The Kier molecular flexibility index (Phi) is 4.12. The van der Waals surface area contributed by atoms with E-state index in [0.29, 0.717) is 27.5 Å². The van der Waals surface area contributed by atoms with Gasteiger partial charge in [0.25, 0.3) is 0 Å². The Morgan fingerprint density at radius 3 is 2.58 bits per heavy atom. The Balaban J connectivity index is 2.35. The minimum Gasteiger partial charge on any atom is -0.506 e. The maximum atomic E-state index is 9.75. The molecule has 0 radical (unpaired) electrons. The molecule has 2 N–H and O–H groups in total. The van der Waals surface area contributed by atoms with Crippen LogP contribution in [-0.2, 0) is 0 Å². The van der Waals surface area contributed by atoms with Crippen LogP contribution in [0.5, 0.6) is 5.75 Å². The van der Waals surface area contributed by atoms with Gasteiger partial charge in [0.1, 0.15) is 22.5 Å². The van der Waals surface area contributed by atoms with E-state index in [0.717, 1.165) is 0 Å². The average Bonchev–Trinajstić information content (AvgIpc) is 2.33. The summed E-state index contributed by atoms with van der Waals surface area (Å²) in [7, 11) is 0. The molecule has 0 aliphatic rings. The van der Waals surface area contributed by atoms with E-state index in [4.69, 9.17) is 23.2 Å². The molecule has 1 heterocycles. The smallest absolute Gasteiger partial charge is 0.139 e. The number of hydrogen-bond acceptors (Lipinski definition) is 4. The van der Waals surface area contributed by atoms with Crippen molar-refractivity contribution in [1.29, 1.82) is 0 Å². The summed E-state index contributed by atoms with van der Waals surface area (Å²) in [5.74, 6) is 1.40. The van der Waals surface area contributed by atoms with Gasteiger partial charge in [-0.15, -0.1) is 0 Å². The van der Waals surface area contributed by atoms with Crippen molar-refractivity contribution in [3.63, 3.8) is 0 Å². The van der Waals surface area contributed by atoms with Gasteiger partial charge in [0.05, 0.1) is 5.69 Å². The molecule has 100 valence electrons. The fraction of sp³-hybridized carbons (Fsp3) is 0.231. The van der Waals surface area contributed by atoms with Crippen molar-refractivity contribution in [2.24, 2.45) is 0 Å². The molecule has 0 bridgehead atoms. The zero-order valence-corrected chi connectivity index (χ0v) is 12.0. The third kappa shape index (κ3) is 3.49. The van der Waals surface area contributed by atoms with Crippen LogP contribution in [0.2, 0.25) is 10.2 Å². The van der Waals surface area contributed by atoms with Gasteiger partial charge in [-0.3, -0.25) is 0 Å². The second-order valence-electron chi connectivity index (χ2n) is 4.38. The van der Waals surface area contributed by atoms with Gasteiger partial charge in [-0.25, -0.2) is 9.97 Å². The summed E-state index contributed by atoms with van der Waals surface area (Å²) < 4.78 is 0. The van der Waals surface area contributed by atoms with Crippen LogP contribution in [0.1, 0.15) is 25.6 Å². The molecule has 0 spiro atoms. The number of aromatic nitrogens is 2. The highest BCUT2D eigenvalue weighted by Gasteiger charge is 2.09. The highest BCUT2D eigenvalue weighted by molar-refractivity contribution is 6.31. The molecule has 19 heavy (non-hydrogen) atoms. The van der Waals surface area contributed by atoms with Gasteiger partial charge < -0.3 is 10.4 Å². The second kappa shape index (κ2) is 5.63. The molecule has 0 amide bonds. The molecule has 0 aliphatic carbocycles. The lowest BCUT2D eigenvalue weighted by Gasteiger charge is -2.11. The van der Waals surface area contributed by atoms with E-state index in [-0.39, 0.29) is 11.7 Å². The third-order valence-corrected chi connectivity index (χ3v) is 2.88. The van der Waals surface area contributed by atoms with Crippen molar-refractivity contribution in [2.75, 3.05) is 5.32 Å². The highest BCUT2D eigenvalue weighted by Crippen LogP contribution is 2.29. The Morgan fingerprint density at radius 2 is 1.89 bits per heavy atom. The molecule has 6 heteroatoms. The van der Waals surface area contributed by atoms with Gasteiger partial charge in [0.2, 0.25) is 0 Å². The van der Waals surface area contributed by atoms with E-state index in [1.165, 1.54) is 6.07 Å². The van der Waals surface area contributed by atoms with Crippen molar-refractivity contribution in [1.82, 2.24) is 9.97 Å².